The van der Waals surface area contributed by atoms with Crippen molar-refractivity contribution in [3.8, 4) is 0 Å². The largest absolute Gasteiger partial charge is 0.467 e. The molecule has 0 fully saturated rings. The van der Waals surface area contributed by atoms with E-state index in [0.717, 1.165) is 31.8 Å². The Balaban J connectivity index is 1.37. The van der Waals surface area contributed by atoms with E-state index < -0.39 is 0 Å². The van der Waals surface area contributed by atoms with E-state index in [-0.39, 0.29) is 6.04 Å². The van der Waals surface area contributed by atoms with Crippen LogP contribution in [0.15, 0.2) is 47.1 Å². The lowest BCUT2D eigenvalue weighted by atomic mass is 10.1. The zero-order valence-electron chi connectivity index (χ0n) is 12.1. The molecule has 1 aliphatic rings. The number of hydrogen-bond acceptors (Lipinski definition) is 4. The Hall–Kier alpha value is -1.62. The summed E-state index contributed by atoms with van der Waals surface area (Å²) in [6.07, 6.45) is 3.63. The van der Waals surface area contributed by atoms with Crippen molar-refractivity contribution in [2.24, 2.45) is 5.73 Å². The van der Waals surface area contributed by atoms with Crippen molar-refractivity contribution in [3.05, 3.63) is 59.5 Å². The van der Waals surface area contributed by atoms with Crippen LogP contribution in [0.5, 0.6) is 0 Å². The topological polar surface area (TPSA) is 60.4 Å². The van der Waals surface area contributed by atoms with Crippen LogP contribution < -0.4 is 11.1 Å². The van der Waals surface area contributed by atoms with Gasteiger partial charge in [-0.25, -0.2) is 0 Å². The summed E-state index contributed by atoms with van der Waals surface area (Å²) in [4.78, 5) is 0. The Kier molecular flexibility index (Phi) is 4.70. The number of nitrogens with two attached hydrogens (primary N) is 1. The standard InChI is InChI=1S/C17H22N2O2/c18-16-11-17(15-7-2-1-6-14(15)16)19-8-4-9-20-12-13-5-3-10-21-13/h1-3,5-7,10,16-17,19H,4,8-9,11-12,18H2. The Morgan fingerprint density at radius 2 is 2.05 bits per heavy atom. The molecule has 0 spiro atoms. The van der Waals surface area contributed by atoms with Gasteiger partial charge in [-0.3, -0.25) is 0 Å². The lowest BCUT2D eigenvalue weighted by Crippen LogP contribution is -2.22. The van der Waals surface area contributed by atoms with Crippen LogP contribution in [0.2, 0.25) is 0 Å². The summed E-state index contributed by atoms with van der Waals surface area (Å²) in [5, 5.41) is 3.58. The molecule has 2 atom stereocenters. The van der Waals surface area contributed by atoms with Gasteiger partial charge in [-0.2, -0.15) is 0 Å². The second kappa shape index (κ2) is 6.89. The van der Waals surface area contributed by atoms with Gasteiger partial charge in [-0.05, 0) is 42.6 Å². The maximum Gasteiger partial charge on any atom is 0.129 e. The summed E-state index contributed by atoms with van der Waals surface area (Å²) in [7, 11) is 0. The first-order valence-electron chi connectivity index (χ1n) is 7.52. The average Bonchev–Trinajstić information content (AvgIpc) is 3.12. The summed E-state index contributed by atoms with van der Waals surface area (Å²) in [6, 6.07) is 12.8. The van der Waals surface area contributed by atoms with Crippen LogP contribution in [-0.4, -0.2) is 13.2 Å². The van der Waals surface area contributed by atoms with Crippen molar-refractivity contribution in [1.29, 1.82) is 0 Å². The highest BCUT2D eigenvalue weighted by Gasteiger charge is 2.27. The molecular formula is C17H22N2O2. The number of fused-ring (bicyclic) bond motifs is 1. The first-order chi connectivity index (χ1) is 10.3. The molecular weight excluding hydrogens is 264 g/mol. The van der Waals surface area contributed by atoms with Crippen molar-refractivity contribution in [1.82, 2.24) is 5.32 Å². The van der Waals surface area contributed by atoms with Crippen LogP contribution in [0.25, 0.3) is 0 Å². The quantitative estimate of drug-likeness (QED) is 0.768. The van der Waals surface area contributed by atoms with Gasteiger partial charge in [-0.1, -0.05) is 24.3 Å². The van der Waals surface area contributed by atoms with E-state index in [4.69, 9.17) is 14.9 Å². The van der Waals surface area contributed by atoms with E-state index in [9.17, 15) is 0 Å². The molecule has 0 bridgehead atoms. The molecule has 0 amide bonds. The monoisotopic (exact) mass is 286 g/mol. The van der Waals surface area contributed by atoms with Crippen molar-refractivity contribution < 1.29 is 9.15 Å². The lowest BCUT2D eigenvalue weighted by molar-refractivity contribution is 0.103. The molecule has 21 heavy (non-hydrogen) atoms. The number of nitrogens with one attached hydrogen (secondary N) is 1. The molecule has 0 saturated carbocycles. The van der Waals surface area contributed by atoms with Crippen molar-refractivity contribution >= 4 is 0 Å². The van der Waals surface area contributed by atoms with Gasteiger partial charge < -0.3 is 20.2 Å². The van der Waals surface area contributed by atoms with Gasteiger partial charge in [0.25, 0.3) is 0 Å². The molecule has 1 heterocycles. The predicted molar refractivity (Wildman–Crippen MR) is 81.7 cm³/mol. The summed E-state index contributed by atoms with van der Waals surface area (Å²) in [6.45, 7) is 2.21. The highest BCUT2D eigenvalue weighted by Crippen LogP contribution is 2.36. The number of hydrogen-bond donors (Lipinski definition) is 2. The third-order valence-electron chi connectivity index (χ3n) is 3.94. The van der Waals surface area contributed by atoms with E-state index in [2.05, 4.69) is 29.6 Å². The van der Waals surface area contributed by atoms with Crippen molar-refractivity contribution in [3.63, 3.8) is 0 Å². The van der Waals surface area contributed by atoms with Gasteiger partial charge in [0.15, 0.2) is 0 Å². The smallest absolute Gasteiger partial charge is 0.129 e. The number of ether oxygens (including phenoxy) is 1. The molecule has 1 aromatic heterocycles. The number of furan rings is 1. The fraction of sp³-hybridized carbons (Fsp3) is 0.412. The highest BCUT2D eigenvalue weighted by atomic mass is 16.5. The number of benzene rings is 1. The third-order valence-corrected chi connectivity index (χ3v) is 3.94. The summed E-state index contributed by atoms with van der Waals surface area (Å²) < 4.78 is 10.8. The fourth-order valence-electron chi connectivity index (χ4n) is 2.89. The van der Waals surface area contributed by atoms with Crippen LogP contribution in [0, 0.1) is 0 Å². The summed E-state index contributed by atoms with van der Waals surface area (Å²) >= 11 is 0. The minimum atomic E-state index is 0.161. The van der Waals surface area contributed by atoms with Gasteiger partial charge in [0, 0.05) is 18.7 Å². The Bertz CT molecular complexity index is 554. The van der Waals surface area contributed by atoms with E-state index >= 15 is 0 Å². The Morgan fingerprint density at radius 1 is 1.19 bits per heavy atom. The maximum absolute atomic E-state index is 6.17. The fourth-order valence-corrected chi connectivity index (χ4v) is 2.89. The van der Waals surface area contributed by atoms with Gasteiger partial charge in [0.1, 0.15) is 12.4 Å². The Morgan fingerprint density at radius 3 is 2.86 bits per heavy atom. The molecule has 3 rings (SSSR count). The zero-order chi connectivity index (χ0) is 14.5. The first-order valence-corrected chi connectivity index (χ1v) is 7.52. The van der Waals surface area contributed by atoms with E-state index in [0.29, 0.717) is 12.6 Å². The molecule has 1 aliphatic carbocycles. The Labute approximate surface area is 125 Å². The van der Waals surface area contributed by atoms with Gasteiger partial charge in [-0.15, -0.1) is 0 Å². The summed E-state index contributed by atoms with van der Waals surface area (Å²) in [5.74, 6) is 0.874. The van der Waals surface area contributed by atoms with E-state index in [1.165, 1.54) is 11.1 Å². The molecule has 2 aromatic rings. The van der Waals surface area contributed by atoms with Gasteiger partial charge >= 0.3 is 0 Å². The first kappa shape index (κ1) is 14.3. The van der Waals surface area contributed by atoms with Crippen molar-refractivity contribution in [2.75, 3.05) is 13.2 Å². The zero-order valence-corrected chi connectivity index (χ0v) is 12.1. The molecule has 0 aliphatic heterocycles. The van der Waals surface area contributed by atoms with Crippen LogP contribution in [0.3, 0.4) is 0 Å². The highest BCUT2D eigenvalue weighted by molar-refractivity contribution is 5.37. The van der Waals surface area contributed by atoms with E-state index in [1.54, 1.807) is 6.26 Å². The van der Waals surface area contributed by atoms with Gasteiger partial charge in [0.2, 0.25) is 0 Å². The molecule has 0 saturated heterocycles. The summed E-state index contributed by atoms with van der Waals surface area (Å²) in [5.41, 5.74) is 8.80. The molecule has 4 nitrogen and oxygen atoms in total. The average molecular weight is 286 g/mol. The predicted octanol–water partition coefficient (Wildman–Crippen LogP) is 2.92. The van der Waals surface area contributed by atoms with Crippen LogP contribution >= 0.6 is 0 Å². The molecule has 0 radical (unpaired) electrons. The second-order valence-electron chi connectivity index (χ2n) is 5.46. The lowest BCUT2D eigenvalue weighted by Gasteiger charge is -2.13. The normalized spacial score (nSPS) is 20.6. The SMILES string of the molecule is NC1CC(NCCCOCc2ccco2)c2ccccc21. The molecule has 4 heteroatoms. The molecule has 2 unspecified atom stereocenters. The molecule has 112 valence electrons. The van der Waals surface area contributed by atoms with Crippen LogP contribution in [-0.2, 0) is 11.3 Å². The minimum Gasteiger partial charge on any atom is -0.467 e. The van der Waals surface area contributed by atoms with Gasteiger partial charge in [0.05, 0.1) is 6.26 Å². The van der Waals surface area contributed by atoms with Crippen LogP contribution in [0.4, 0.5) is 0 Å². The second-order valence-corrected chi connectivity index (χ2v) is 5.46. The molecule has 3 N–H and O–H groups in total. The third kappa shape index (κ3) is 3.53. The van der Waals surface area contributed by atoms with Crippen molar-refractivity contribution in [2.45, 2.75) is 31.5 Å². The maximum atomic E-state index is 6.17. The van der Waals surface area contributed by atoms with Crippen LogP contribution in [0.1, 0.15) is 41.8 Å². The number of rotatable bonds is 7. The minimum absolute atomic E-state index is 0.161. The molecule has 1 aromatic carbocycles. The van der Waals surface area contributed by atoms with E-state index in [1.807, 2.05) is 12.1 Å².